The van der Waals surface area contributed by atoms with Crippen LogP contribution < -0.4 is 5.73 Å². The molecule has 1 aromatic carbocycles. The summed E-state index contributed by atoms with van der Waals surface area (Å²) in [4.78, 5) is 24.8. The van der Waals surface area contributed by atoms with Gasteiger partial charge in [0.25, 0.3) is 5.91 Å². The van der Waals surface area contributed by atoms with Gasteiger partial charge in [0.05, 0.1) is 6.54 Å². The van der Waals surface area contributed by atoms with Gasteiger partial charge < -0.3 is 10.6 Å². The molecule has 4 nitrogen and oxygen atoms in total. The fourth-order valence-corrected chi connectivity index (χ4v) is 1.89. The van der Waals surface area contributed by atoms with Crippen LogP contribution >= 0.6 is 0 Å². The van der Waals surface area contributed by atoms with E-state index in [1.807, 2.05) is 13.8 Å². The van der Waals surface area contributed by atoms with Gasteiger partial charge in [0.2, 0.25) is 5.91 Å². The van der Waals surface area contributed by atoms with Gasteiger partial charge in [-0.3, -0.25) is 9.59 Å². The Bertz CT molecular complexity index is 486. The number of hydrogen-bond acceptors (Lipinski definition) is 2. The summed E-state index contributed by atoms with van der Waals surface area (Å²) in [6, 6.07) is 3.96. The third kappa shape index (κ3) is 4.35. The van der Waals surface area contributed by atoms with Crippen molar-refractivity contribution >= 4 is 11.8 Å². The summed E-state index contributed by atoms with van der Waals surface area (Å²) in [5.41, 5.74) is 6.09. The van der Waals surface area contributed by atoms with Crippen LogP contribution in [0, 0.1) is 18.7 Å². The monoisotopic (exact) mass is 266 g/mol. The highest BCUT2D eigenvalue weighted by Crippen LogP contribution is 2.14. The molecule has 0 radical (unpaired) electrons. The Kier molecular flexibility index (Phi) is 5.03. The molecule has 1 rings (SSSR count). The average molecular weight is 266 g/mol. The summed E-state index contributed by atoms with van der Waals surface area (Å²) in [5, 5.41) is 0. The first-order valence-corrected chi connectivity index (χ1v) is 6.15. The van der Waals surface area contributed by atoms with Crippen molar-refractivity contribution < 1.29 is 14.0 Å². The molecule has 0 heterocycles. The molecule has 0 atom stereocenters. The maximum atomic E-state index is 13.0. The van der Waals surface area contributed by atoms with Gasteiger partial charge in [-0.2, -0.15) is 0 Å². The molecule has 1 aromatic rings. The third-order valence-corrected chi connectivity index (χ3v) is 2.64. The molecule has 0 aromatic heterocycles. The van der Waals surface area contributed by atoms with Crippen LogP contribution in [0.2, 0.25) is 0 Å². The van der Waals surface area contributed by atoms with Crippen LogP contribution in [-0.4, -0.2) is 29.8 Å². The first-order valence-electron chi connectivity index (χ1n) is 6.15. The molecular weight excluding hydrogens is 247 g/mol. The molecule has 0 aliphatic heterocycles. The first kappa shape index (κ1) is 15.1. The van der Waals surface area contributed by atoms with Crippen molar-refractivity contribution in [3.8, 4) is 0 Å². The lowest BCUT2D eigenvalue weighted by Crippen LogP contribution is -2.40. The summed E-state index contributed by atoms with van der Waals surface area (Å²) in [7, 11) is 0. The topological polar surface area (TPSA) is 63.4 Å². The summed E-state index contributed by atoms with van der Waals surface area (Å²) in [6.45, 7) is 5.85. The number of benzene rings is 1. The van der Waals surface area contributed by atoms with Crippen LogP contribution in [0.4, 0.5) is 4.39 Å². The fourth-order valence-electron chi connectivity index (χ4n) is 1.89. The Morgan fingerprint density at radius 1 is 1.37 bits per heavy atom. The van der Waals surface area contributed by atoms with E-state index in [9.17, 15) is 14.0 Å². The predicted molar refractivity (Wildman–Crippen MR) is 71.1 cm³/mol. The normalized spacial score (nSPS) is 10.6. The number of primary amides is 1. The van der Waals surface area contributed by atoms with Crippen LogP contribution in [0.1, 0.15) is 29.8 Å². The zero-order valence-corrected chi connectivity index (χ0v) is 11.4. The van der Waals surface area contributed by atoms with E-state index in [2.05, 4.69) is 0 Å². The molecule has 2 amide bonds. The van der Waals surface area contributed by atoms with Crippen molar-refractivity contribution in [1.29, 1.82) is 0 Å². The summed E-state index contributed by atoms with van der Waals surface area (Å²) in [5.74, 6) is -1.04. The van der Waals surface area contributed by atoms with E-state index in [0.29, 0.717) is 17.7 Å². The lowest BCUT2D eigenvalue weighted by molar-refractivity contribution is -0.118. The Hall–Kier alpha value is -1.91. The van der Waals surface area contributed by atoms with E-state index in [4.69, 9.17) is 5.73 Å². The number of nitrogens with zero attached hydrogens (tertiary/aromatic N) is 1. The lowest BCUT2D eigenvalue weighted by Gasteiger charge is -2.24. The van der Waals surface area contributed by atoms with E-state index < -0.39 is 5.91 Å². The molecule has 0 bridgehead atoms. The van der Waals surface area contributed by atoms with Crippen molar-refractivity contribution in [2.24, 2.45) is 11.7 Å². The molecule has 0 saturated carbocycles. The molecular formula is C14H19FN2O2. The quantitative estimate of drug-likeness (QED) is 0.882. The van der Waals surface area contributed by atoms with E-state index in [0.717, 1.165) is 0 Å². The number of aryl methyl sites for hydroxylation is 1. The van der Waals surface area contributed by atoms with Crippen molar-refractivity contribution in [2.75, 3.05) is 13.1 Å². The van der Waals surface area contributed by atoms with Crippen molar-refractivity contribution in [3.63, 3.8) is 0 Å². The Labute approximate surface area is 112 Å². The van der Waals surface area contributed by atoms with Gasteiger partial charge in [-0.15, -0.1) is 0 Å². The number of hydrogen-bond donors (Lipinski definition) is 1. The Balaban J connectivity index is 3.00. The van der Waals surface area contributed by atoms with Gasteiger partial charge in [0, 0.05) is 12.1 Å². The second kappa shape index (κ2) is 6.31. The standard InChI is InChI=1S/C14H19FN2O2/c1-9(2)7-17(8-13(16)18)14(19)12-5-4-11(15)6-10(12)3/h4-6,9H,7-8H2,1-3H3,(H2,16,18). The molecule has 0 aliphatic carbocycles. The molecule has 2 N–H and O–H groups in total. The van der Waals surface area contributed by atoms with Gasteiger partial charge in [-0.05, 0) is 36.6 Å². The van der Waals surface area contributed by atoms with Gasteiger partial charge >= 0.3 is 0 Å². The highest BCUT2D eigenvalue weighted by Gasteiger charge is 2.20. The smallest absolute Gasteiger partial charge is 0.254 e. The number of carbonyl (C=O) groups excluding carboxylic acids is 2. The number of amides is 2. The minimum Gasteiger partial charge on any atom is -0.368 e. The molecule has 0 aliphatic rings. The van der Waals surface area contributed by atoms with Crippen molar-refractivity contribution in [2.45, 2.75) is 20.8 Å². The molecule has 0 saturated heterocycles. The average Bonchev–Trinajstić information content (AvgIpc) is 2.26. The second-order valence-electron chi connectivity index (χ2n) is 5.01. The largest absolute Gasteiger partial charge is 0.368 e. The van der Waals surface area contributed by atoms with Crippen LogP contribution in [0.25, 0.3) is 0 Å². The minimum absolute atomic E-state index is 0.131. The van der Waals surface area contributed by atoms with Crippen molar-refractivity contribution in [1.82, 2.24) is 4.90 Å². The third-order valence-electron chi connectivity index (χ3n) is 2.64. The predicted octanol–water partition coefficient (Wildman–Crippen LogP) is 1.72. The van der Waals surface area contributed by atoms with Gasteiger partial charge in [-0.25, -0.2) is 4.39 Å². The number of halogens is 1. The van der Waals surface area contributed by atoms with Crippen LogP contribution in [0.5, 0.6) is 0 Å². The van der Waals surface area contributed by atoms with Gasteiger partial charge in [-0.1, -0.05) is 13.8 Å². The van der Waals surface area contributed by atoms with Crippen LogP contribution in [0.3, 0.4) is 0 Å². The maximum absolute atomic E-state index is 13.0. The zero-order chi connectivity index (χ0) is 14.6. The fraction of sp³-hybridized carbons (Fsp3) is 0.429. The molecule has 104 valence electrons. The molecule has 0 fully saturated rings. The van der Waals surface area contributed by atoms with Gasteiger partial charge in [0.1, 0.15) is 5.82 Å². The van der Waals surface area contributed by atoms with Crippen molar-refractivity contribution in [3.05, 3.63) is 35.1 Å². The second-order valence-corrected chi connectivity index (χ2v) is 5.01. The van der Waals surface area contributed by atoms with E-state index in [1.54, 1.807) is 6.92 Å². The summed E-state index contributed by atoms with van der Waals surface area (Å²) >= 11 is 0. The Morgan fingerprint density at radius 3 is 2.47 bits per heavy atom. The number of carbonyl (C=O) groups is 2. The summed E-state index contributed by atoms with van der Waals surface area (Å²) in [6.07, 6.45) is 0. The maximum Gasteiger partial charge on any atom is 0.254 e. The SMILES string of the molecule is Cc1cc(F)ccc1C(=O)N(CC(N)=O)CC(C)C. The molecule has 19 heavy (non-hydrogen) atoms. The minimum atomic E-state index is -0.561. The number of nitrogens with two attached hydrogens (primary N) is 1. The highest BCUT2D eigenvalue weighted by molar-refractivity contribution is 5.97. The Morgan fingerprint density at radius 2 is 2.00 bits per heavy atom. The molecule has 0 unspecified atom stereocenters. The lowest BCUT2D eigenvalue weighted by atomic mass is 10.1. The first-order chi connectivity index (χ1) is 8.81. The van der Waals surface area contributed by atoms with E-state index >= 15 is 0 Å². The molecule has 0 spiro atoms. The zero-order valence-electron chi connectivity index (χ0n) is 11.4. The number of rotatable bonds is 5. The van der Waals surface area contributed by atoms with Crippen LogP contribution in [-0.2, 0) is 4.79 Å². The molecule has 5 heteroatoms. The van der Waals surface area contributed by atoms with Crippen LogP contribution in [0.15, 0.2) is 18.2 Å². The van der Waals surface area contributed by atoms with Gasteiger partial charge in [0.15, 0.2) is 0 Å². The summed E-state index contributed by atoms with van der Waals surface area (Å²) < 4.78 is 13.0. The highest BCUT2D eigenvalue weighted by atomic mass is 19.1. The van der Waals surface area contributed by atoms with E-state index in [-0.39, 0.29) is 24.2 Å². The van der Waals surface area contributed by atoms with E-state index in [1.165, 1.54) is 23.1 Å².